The van der Waals surface area contributed by atoms with Crippen LogP contribution in [0.25, 0.3) is 0 Å². The normalized spacial score (nSPS) is 22.9. The molecule has 1 unspecified atom stereocenters. The fourth-order valence-corrected chi connectivity index (χ4v) is 5.69. The first-order chi connectivity index (χ1) is 17.7. The molecule has 1 atom stereocenters. The summed E-state index contributed by atoms with van der Waals surface area (Å²) < 4.78 is 45.1. The highest BCUT2D eigenvalue weighted by Gasteiger charge is 2.50. The molecule has 1 fully saturated rings. The van der Waals surface area contributed by atoms with Gasteiger partial charge in [-0.25, -0.2) is 4.79 Å². The number of carbonyl (C=O) groups excluding carboxylic acids is 2. The number of ether oxygens (including phenoxy) is 1. The van der Waals surface area contributed by atoms with Gasteiger partial charge in [0.1, 0.15) is 11.4 Å². The van der Waals surface area contributed by atoms with Crippen LogP contribution >= 0.6 is 0 Å². The maximum Gasteiger partial charge on any atom is 0.416 e. The molecule has 1 aliphatic carbocycles. The van der Waals surface area contributed by atoms with E-state index in [0.717, 1.165) is 30.5 Å². The Morgan fingerprint density at radius 3 is 2.29 bits per heavy atom. The first kappa shape index (κ1) is 27.9. The second-order valence-corrected chi connectivity index (χ2v) is 11.6. The molecule has 8 heteroatoms. The molecule has 2 aromatic rings. The van der Waals surface area contributed by atoms with Gasteiger partial charge in [0, 0.05) is 12.1 Å². The van der Waals surface area contributed by atoms with E-state index in [-0.39, 0.29) is 28.5 Å². The van der Waals surface area contributed by atoms with Crippen LogP contribution < -0.4 is 0 Å². The molecule has 1 amide bonds. The number of amides is 1. The van der Waals surface area contributed by atoms with Crippen LogP contribution in [0.1, 0.15) is 86.3 Å². The Bertz CT molecular complexity index is 1220. The molecule has 0 bridgehead atoms. The fourth-order valence-electron chi connectivity index (χ4n) is 5.69. The minimum absolute atomic E-state index is 0.0843. The maximum absolute atomic E-state index is 13.8. The van der Waals surface area contributed by atoms with Gasteiger partial charge in [0.2, 0.25) is 0 Å². The minimum Gasteiger partial charge on any atom is -0.465 e. The molecular formula is C30H35F3N2O3. The van der Waals surface area contributed by atoms with E-state index in [4.69, 9.17) is 9.73 Å². The van der Waals surface area contributed by atoms with Gasteiger partial charge in [0.25, 0.3) is 5.91 Å². The Balaban J connectivity index is 1.66. The molecule has 1 saturated carbocycles. The SMILES string of the molecule is COC(=O)c1ccc(C(C)CN2C(=O)C(c3cccc(C(F)(F)F)c3)=NC23CCC(C(C)(C)C)CC3)cc1. The quantitative estimate of drug-likeness (QED) is 0.399. The summed E-state index contributed by atoms with van der Waals surface area (Å²) in [7, 11) is 1.33. The average molecular weight is 529 g/mol. The third-order valence-electron chi connectivity index (χ3n) is 8.10. The van der Waals surface area contributed by atoms with Crippen LogP contribution in [-0.4, -0.2) is 41.8 Å². The lowest BCUT2D eigenvalue weighted by Gasteiger charge is -2.45. The van der Waals surface area contributed by atoms with Crippen LogP contribution in [-0.2, 0) is 15.7 Å². The standard InChI is InChI=1S/C30H35F3N2O3/c1-19(20-9-11-21(12-10-20)27(37)38-5)18-35-26(36)25(22-7-6-8-24(17-22)30(31,32)33)34-29(35)15-13-23(14-16-29)28(2,3)4/h6-12,17,19,23H,13-16,18H2,1-5H3. The Morgan fingerprint density at radius 1 is 1.11 bits per heavy atom. The number of methoxy groups -OCH3 is 1. The molecule has 2 aromatic carbocycles. The molecule has 2 aliphatic rings. The largest absolute Gasteiger partial charge is 0.465 e. The predicted octanol–water partition coefficient (Wildman–Crippen LogP) is 6.86. The van der Waals surface area contributed by atoms with Crippen LogP contribution in [0, 0.1) is 11.3 Å². The van der Waals surface area contributed by atoms with Crippen molar-refractivity contribution in [3.8, 4) is 0 Å². The Morgan fingerprint density at radius 2 is 1.74 bits per heavy atom. The van der Waals surface area contributed by atoms with E-state index >= 15 is 0 Å². The highest BCUT2D eigenvalue weighted by molar-refractivity contribution is 6.46. The molecule has 1 spiro atoms. The van der Waals surface area contributed by atoms with Gasteiger partial charge in [-0.15, -0.1) is 0 Å². The number of benzene rings is 2. The molecule has 4 rings (SSSR count). The summed E-state index contributed by atoms with van der Waals surface area (Å²) in [5, 5.41) is 0. The van der Waals surface area contributed by atoms with E-state index in [0.29, 0.717) is 30.9 Å². The zero-order valence-corrected chi connectivity index (χ0v) is 22.6. The summed E-state index contributed by atoms with van der Waals surface area (Å²) in [6.45, 7) is 9.00. The van der Waals surface area contributed by atoms with Gasteiger partial charge in [0.05, 0.1) is 18.2 Å². The molecule has 204 valence electrons. The molecule has 0 N–H and O–H groups in total. The van der Waals surface area contributed by atoms with Gasteiger partial charge in [-0.3, -0.25) is 9.79 Å². The Hall–Kier alpha value is -3.16. The van der Waals surface area contributed by atoms with E-state index in [1.807, 2.05) is 19.1 Å². The molecule has 5 nitrogen and oxygen atoms in total. The summed E-state index contributed by atoms with van der Waals surface area (Å²) in [5.41, 5.74) is 0.219. The zero-order chi connectivity index (χ0) is 27.9. The second kappa shape index (κ2) is 10.2. The van der Waals surface area contributed by atoms with Crippen LogP contribution in [0.15, 0.2) is 53.5 Å². The second-order valence-electron chi connectivity index (χ2n) is 11.6. The van der Waals surface area contributed by atoms with Crippen molar-refractivity contribution in [1.29, 1.82) is 0 Å². The van der Waals surface area contributed by atoms with Gasteiger partial charge in [0.15, 0.2) is 0 Å². The zero-order valence-electron chi connectivity index (χ0n) is 22.6. The van der Waals surface area contributed by atoms with Crippen LogP contribution in [0.2, 0.25) is 0 Å². The Labute approximate surface area is 222 Å². The number of carbonyl (C=O) groups is 2. The minimum atomic E-state index is -4.51. The van der Waals surface area contributed by atoms with E-state index in [9.17, 15) is 22.8 Å². The molecule has 1 heterocycles. The van der Waals surface area contributed by atoms with Crippen molar-refractivity contribution < 1.29 is 27.5 Å². The number of nitrogens with zero attached hydrogens (tertiary/aromatic N) is 2. The number of rotatable bonds is 5. The van der Waals surface area contributed by atoms with Gasteiger partial charge in [-0.1, -0.05) is 52.0 Å². The highest BCUT2D eigenvalue weighted by Crippen LogP contribution is 2.47. The van der Waals surface area contributed by atoms with E-state index < -0.39 is 23.4 Å². The van der Waals surface area contributed by atoms with Gasteiger partial charge < -0.3 is 9.64 Å². The van der Waals surface area contributed by atoms with E-state index in [1.54, 1.807) is 17.0 Å². The molecule has 0 saturated heterocycles. The topological polar surface area (TPSA) is 59.0 Å². The number of hydrogen-bond acceptors (Lipinski definition) is 4. The molecule has 38 heavy (non-hydrogen) atoms. The number of hydrogen-bond donors (Lipinski definition) is 0. The van der Waals surface area contributed by atoms with Crippen molar-refractivity contribution in [2.45, 2.75) is 71.1 Å². The summed E-state index contributed by atoms with van der Waals surface area (Å²) in [4.78, 5) is 32.3. The van der Waals surface area contributed by atoms with E-state index in [2.05, 4.69) is 20.8 Å². The van der Waals surface area contributed by atoms with Gasteiger partial charge in [-0.2, -0.15) is 13.2 Å². The average Bonchev–Trinajstić information content (AvgIpc) is 3.13. The van der Waals surface area contributed by atoms with Crippen molar-refractivity contribution in [2.75, 3.05) is 13.7 Å². The fraction of sp³-hybridized carbons (Fsp3) is 0.500. The Kier molecular flexibility index (Phi) is 7.47. The molecule has 1 aliphatic heterocycles. The van der Waals surface area contributed by atoms with Gasteiger partial charge in [-0.05, 0) is 72.8 Å². The van der Waals surface area contributed by atoms with Crippen molar-refractivity contribution in [3.05, 3.63) is 70.8 Å². The van der Waals surface area contributed by atoms with Crippen molar-refractivity contribution in [3.63, 3.8) is 0 Å². The van der Waals surface area contributed by atoms with Crippen LogP contribution in [0.3, 0.4) is 0 Å². The third-order valence-corrected chi connectivity index (χ3v) is 8.10. The number of aliphatic imine (C=N–C) groups is 1. The monoisotopic (exact) mass is 528 g/mol. The first-order valence-electron chi connectivity index (χ1n) is 13.0. The van der Waals surface area contributed by atoms with Crippen LogP contribution in [0.5, 0.6) is 0 Å². The van der Waals surface area contributed by atoms with Crippen LogP contribution in [0.4, 0.5) is 13.2 Å². The first-order valence-corrected chi connectivity index (χ1v) is 13.0. The third kappa shape index (κ3) is 5.49. The van der Waals surface area contributed by atoms with Crippen molar-refractivity contribution >= 4 is 17.6 Å². The highest BCUT2D eigenvalue weighted by atomic mass is 19.4. The molecule has 0 aromatic heterocycles. The summed E-state index contributed by atoms with van der Waals surface area (Å²) >= 11 is 0. The van der Waals surface area contributed by atoms with E-state index in [1.165, 1.54) is 19.2 Å². The van der Waals surface area contributed by atoms with Gasteiger partial charge >= 0.3 is 12.1 Å². The number of alkyl halides is 3. The number of esters is 1. The smallest absolute Gasteiger partial charge is 0.416 e. The molecule has 0 radical (unpaired) electrons. The summed E-state index contributed by atoms with van der Waals surface area (Å²) in [6, 6.07) is 11.9. The lowest BCUT2D eigenvalue weighted by Crippen LogP contribution is -2.51. The predicted molar refractivity (Wildman–Crippen MR) is 140 cm³/mol. The lowest BCUT2D eigenvalue weighted by atomic mass is 9.69. The summed E-state index contributed by atoms with van der Waals surface area (Å²) in [6.07, 6.45) is -1.41. The molecular weight excluding hydrogens is 493 g/mol. The summed E-state index contributed by atoms with van der Waals surface area (Å²) in [5.74, 6) is -0.371. The maximum atomic E-state index is 13.8. The lowest BCUT2D eigenvalue weighted by molar-refractivity contribution is -0.137. The van der Waals surface area contributed by atoms with Crippen molar-refractivity contribution in [1.82, 2.24) is 4.90 Å². The van der Waals surface area contributed by atoms with Crippen molar-refractivity contribution in [2.24, 2.45) is 16.3 Å². The number of halogens is 3.